The predicted molar refractivity (Wildman–Crippen MR) is 100 cm³/mol. The van der Waals surface area contributed by atoms with E-state index in [9.17, 15) is 4.79 Å². The molecule has 134 valence electrons. The average molecular weight is 341 g/mol. The Labute approximate surface area is 150 Å². The van der Waals surface area contributed by atoms with Gasteiger partial charge in [-0.1, -0.05) is 56.5 Å². The van der Waals surface area contributed by atoms with Crippen molar-refractivity contribution >= 4 is 11.7 Å². The lowest BCUT2D eigenvalue weighted by molar-refractivity contribution is -0.136. The van der Waals surface area contributed by atoms with Crippen molar-refractivity contribution in [2.24, 2.45) is 5.73 Å². The third-order valence-corrected chi connectivity index (χ3v) is 3.94. The minimum absolute atomic E-state index is 0.354. The Bertz CT molecular complexity index is 672. The summed E-state index contributed by atoms with van der Waals surface area (Å²) in [5.41, 5.74) is 8.51. The van der Waals surface area contributed by atoms with Crippen LogP contribution >= 0.6 is 0 Å². The molecule has 1 aliphatic carbocycles. The monoisotopic (exact) mass is 341 g/mol. The van der Waals surface area contributed by atoms with Gasteiger partial charge in [-0.3, -0.25) is 4.79 Å². The number of rotatable bonds is 8. The number of ether oxygens (including phenoxy) is 2. The Balaban J connectivity index is 2.31. The topological polar surface area (TPSA) is 61.6 Å². The molecule has 1 aromatic rings. The molecule has 0 saturated carbocycles. The summed E-state index contributed by atoms with van der Waals surface area (Å²) in [5, 5.41) is 0. The van der Waals surface area contributed by atoms with E-state index in [2.05, 4.69) is 6.92 Å². The minimum atomic E-state index is -0.354. The molecule has 0 heterocycles. The van der Waals surface area contributed by atoms with Gasteiger partial charge in [-0.05, 0) is 18.6 Å². The van der Waals surface area contributed by atoms with Gasteiger partial charge in [0.25, 0.3) is 0 Å². The number of benzene rings is 1. The third-order valence-electron chi connectivity index (χ3n) is 3.94. The summed E-state index contributed by atoms with van der Waals surface area (Å²) in [4.78, 5) is 11.5. The Morgan fingerprint density at radius 3 is 2.56 bits per heavy atom. The van der Waals surface area contributed by atoms with Gasteiger partial charge < -0.3 is 15.2 Å². The molecule has 0 bridgehead atoms. The second-order valence-electron chi connectivity index (χ2n) is 6.13. The Morgan fingerprint density at radius 1 is 1.12 bits per heavy atom. The summed E-state index contributed by atoms with van der Waals surface area (Å²) in [6.07, 6.45) is 8.53. The van der Waals surface area contributed by atoms with Crippen molar-refractivity contribution in [2.75, 3.05) is 6.61 Å². The molecule has 0 aromatic heterocycles. The first-order valence-electron chi connectivity index (χ1n) is 8.88. The molecule has 0 atom stereocenters. The van der Waals surface area contributed by atoms with E-state index in [0.717, 1.165) is 29.7 Å². The lowest BCUT2D eigenvalue weighted by Gasteiger charge is -2.21. The standard InChI is InChI=1S/C21H27NO3/c1-3-4-5-9-14-24-21(17-10-7-6-8-11-17)19-15-18(22)12-13-20(19)25-16(2)23/h6-8,10-13H,3-5,9,14-15,22H2,1-2H3. The molecule has 0 spiro atoms. The number of nitrogens with two attached hydrogens (primary N) is 1. The van der Waals surface area contributed by atoms with Crippen molar-refractivity contribution < 1.29 is 14.3 Å². The fourth-order valence-corrected chi connectivity index (χ4v) is 2.71. The molecule has 2 N–H and O–H groups in total. The number of allylic oxidation sites excluding steroid dienone is 4. The van der Waals surface area contributed by atoms with Crippen LogP contribution in [0, 0.1) is 0 Å². The van der Waals surface area contributed by atoms with Crippen LogP contribution in [0.1, 0.15) is 51.5 Å². The van der Waals surface area contributed by atoms with Gasteiger partial charge >= 0.3 is 5.97 Å². The molecule has 0 radical (unpaired) electrons. The van der Waals surface area contributed by atoms with Crippen LogP contribution in [0.15, 0.2) is 59.5 Å². The Kier molecular flexibility index (Phi) is 7.33. The van der Waals surface area contributed by atoms with Crippen molar-refractivity contribution in [1.82, 2.24) is 0 Å². The van der Waals surface area contributed by atoms with Gasteiger partial charge in [-0.25, -0.2) is 0 Å². The van der Waals surface area contributed by atoms with Gasteiger partial charge in [0.15, 0.2) is 0 Å². The number of carbonyl (C=O) groups excluding carboxylic acids is 1. The maximum atomic E-state index is 11.5. The van der Waals surface area contributed by atoms with Crippen LogP contribution in [0.2, 0.25) is 0 Å². The molecule has 1 aliphatic rings. The first-order valence-corrected chi connectivity index (χ1v) is 8.88. The largest absolute Gasteiger partial charge is 0.493 e. The summed E-state index contributed by atoms with van der Waals surface area (Å²) in [7, 11) is 0. The van der Waals surface area contributed by atoms with Crippen molar-refractivity contribution in [2.45, 2.75) is 46.0 Å². The zero-order valence-corrected chi connectivity index (χ0v) is 15.1. The van der Waals surface area contributed by atoms with Crippen LogP contribution < -0.4 is 5.73 Å². The van der Waals surface area contributed by atoms with Crippen LogP contribution in [0.25, 0.3) is 5.76 Å². The molecular weight excluding hydrogens is 314 g/mol. The average Bonchev–Trinajstić information content (AvgIpc) is 2.60. The normalized spacial score (nSPS) is 15.9. The van der Waals surface area contributed by atoms with Crippen LogP contribution in [-0.4, -0.2) is 12.6 Å². The molecule has 0 amide bonds. The van der Waals surface area contributed by atoms with E-state index in [-0.39, 0.29) is 5.97 Å². The molecule has 1 aromatic carbocycles. The second-order valence-corrected chi connectivity index (χ2v) is 6.13. The van der Waals surface area contributed by atoms with Crippen molar-refractivity contribution in [1.29, 1.82) is 0 Å². The number of carbonyl (C=O) groups is 1. The molecule has 0 saturated heterocycles. The van der Waals surface area contributed by atoms with Gasteiger partial charge in [-0.2, -0.15) is 0 Å². The van der Waals surface area contributed by atoms with E-state index in [0.29, 0.717) is 24.5 Å². The van der Waals surface area contributed by atoms with Crippen molar-refractivity contribution in [3.05, 3.63) is 65.1 Å². The van der Waals surface area contributed by atoms with Gasteiger partial charge in [0.1, 0.15) is 11.5 Å². The SMILES string of the molecule is CCCCCCOC(=C1CC(N)=CC=C1OC(C)=O)c1ccccc1. The lowest BCUT2D eigenvalue weighted by atomic mass is 9.98. The summed E-state index contributed by atoms with van der Waals surface area (Å²) in [5.74, 6) is 0.891. The minimum Gasteiger partial charge on any atom is -0.493 e. The van der Waals surface area contributed by atoms with Gasteiger partial charge in [-0.15, -0.1) is 0 Å². The van der Waals surface area contributed by atoms with Crippen molar-refractivity contribution in [3.63, 3.8) is 0 Å². The summed E-state index contributed by atoms with van der Waals surface area (Å²) < 4.78 is 11.5. The quantitative estimate of drug-likeness (QED) is 0.423. The molecule has 4 nitrogen and oxygen atoms in total. The maximum Gasteiger partial charge on any atom is 0.308 e. The fraction of sp³-hybridized carbons (Fsp3) is 0.381. The highest BCUT2D eigenvalue weighted by Gasteiger charge is 2.21. The van der Waals surface area contributed by atoms with E-state index in [1.807, 2.05) is 30.3 Å². The van der Waals surface area contributed by atoms with Gasteiger partial charge in [0.2, 0.25) is 0 Å². The van der Waals surface area contributed by atoms with E-state index in [1.165, 1.54) is 19.8 Å². The first-order chi connectivity index (χ1) is 12.1. The van der Waals surface area contributed by atoms with E-state index >= 15 is 0 Å². The maximum absolute atomic E-state index is 11.5. The molecule has 4 heteroatoms. The first kappa shape index (κ1) is 18.8. The van der Waals surface area contributed by atoms with E-state index in [4.69, 9.17) is 15.2 Å². The van der Waals surface area contributed by atoms with E-state index < -0.39 is 0 Å². The molecule has 25 heavy (non-hydrogen) atoms. The van der Waals surface area contributed by atoms with Gasteiger partial charge in [0.05, 0.1) is 6.61 Å². The highest BCUT2D eigenvalue weighted by atomic mass is 16.5. The molecule has 0 aliphatic heterocycles. The summed E-state index contributed by atoms with van der Waals surface area (Å²) in [6, 6.07) is 9.88. The van der Waals surface area contributed by atoms with Crippen LogP contribution in [0.3, 0.4) is 0 Å². The number of hydrogen-bond acceptors (Lipinski definition) is 4. The molecular formula is C21H27NO3. The zero-order valence-electron chi connectivity index (χ0n) is 15.1. The number of hydrogen-bond donors (Lipinski definition) is 1. The zero-order chi connectivity index (χ0) is 18.1. The van der Waals surface area contributed by atoms with Crippen LogP contribution in [0.5, 0.6) is 0 Å². The Hall–Kier alpha value is -2.49. The lowest BCUT2D eigenvalue weighted by Crippen LogP contribution is -2.12. The van der Waals surface area contributed by atoms with Crippen LogP contribution in [-0.2, 0) is 14.3 Å². The predicted octanol–water partition coefficient (Wildman–Crippen LogP) is 4.69. The number of esters is 1. The highest BCUT2D eigenvalue weighted by Crippen LogP contribution is 2.32. The molecule has 2 rings (SSSR count). The van der Waals surface area contributed by atoms with E-state index in [1.54, 1.807) is 12.2 Å². The molecule has 0 fully saturated rings. The highest BCUT2D eigenvalue weighted by molar-refractivity contribution is 5.73. The third kappa shape index (κ3) is 5.82. The summed E-state index contributed by atoms with van der Waals surface area (Å²) in [6.45, 7) is 4.21. The number of unbranched alkanes of at least 4 members (excludes halogenated alkanes) is 3. The Morgan fingerprint density at radius 2 is 1.88 bits per heavy atom. The van der Waals surface area contributed by atoms with Crippen LogP contribution in [0.4, 0.5) is 0 Å². The fourth-order valence-electron chi connectivity index (χ4n) is 2.71. The van der Waals surface area contributed by atoms with Crippen molar-refractivity contribution in [3.8, 4) is 0 Å². The van der Waals surface area contributed by atoms with Gasteiger partial charge in [0, 0.05) is 30.2 Å². The summed E-state index contributed by atoms with van der Waals surface area (Å²) >= 11 is 0. The second kappa shape index (κ2) is 9.72. The molecule has 0 unspecified atom stereocenters. The smallest absolute Gasteiger partial charge is 0.308 e.